The number of ether oxygens (including phenoxy) is 1. The molecule has 0 aliphatic carbocycles. The third-order valence-electron chi connectivity index (χ3n) is 2.44. The molecule has 0 saturated carbocycles. The van der Waals surface area contributed by atoms with E-state index in [0.29, 0.717) is 13.0 Å². The Morgan fingerprint density at radius 2 is 2.32 bits per heavy atom. The molecule has 5 heteroatoms. The predicted molar refractivity (Wildman–Crippen MR) is 76.8 cm³/mol. The molecule has 0 atom stereocenters. The quantitative estimate of drug-likeness (QED) is 0.913. The number of anilines is 1. The van der Waals surface area contributed by atoms with E-state index in [4.69, 9.17) is 4.74 Å². The monoisotopic (exact) mass is 276 g/mol. The number of nitrogens with zero attached hydrogens (tertiary/aromatic N) is 1. The maximum atomic E-state index is 11.9. The lowest BCUT2D eigenvalue weighted by Crippen LogP contribution is -2.14. The molecule has 1 amide bonds. The Labute approximate surface area is 116 Å². The lowest BCUT2D eigenvalue weighted by molar-refractivity contribution is -0.115. The van der Waals surface area contributed by atoms with E-state index in [1.165, 1.54) is 0 Å². The highest BCUT2D eigenvalue weighted by molar-refractivity contribution is 7.09. The highest BCUT2D eigenvalue weighted by atomic mass is 32.1. The molecule has 100 valence electrons. The zero-order chi connectivity index (χ0) is 13.7. The van der Waals surface area contributed by atoms with Crippen molar-refractivity contribution in [1.82, 2.24) is 4.98 Å². The largest absolute Gasteiger partial charge is 0.494 e. The van der Waals surface area contributed by atoms with E-state index in [1.807, 2.05) is 43.5 Å². The Balaban J connectivity index is 1.96. The number of hydrogen-bond donors (Lipinski definition) is 1. The van der Waals surface area contributed by atoms with Crippen molar-refractivity contribution >= 4 is 22.9 Å². The van der Waals surface area contributed by atoms with Gasteiger partial charge < -0.3 is 10.1 Å². The van der Waals surface area contributed by atoms with Gasteiger partial charge in [-0.1, -0.05) is 6.07 Å². The Morgan fingerprint density at radius 3 is 3.00 bits per heavy atom. The van der Waals surface area contributed by atoms with Crippen LogP contribution in [-0.2, 0) is 11.2 Å². The van der Waals surface area contributed by atoms with E-state index >= 15 is 0 Å². The normalized spacial score (nSPS) is 10.2. The molecule has 2 aromatic rings. The molecule has 0 spiro atoms. The van der Waals surface area contributed by atoms with Gasteiger partial charge in [-0.05, 0) is 26.0 Å². The van der Waals surface area contributed by atoms with E-state index in [1.54, 1.807) is 11.3 Å². The minimum atomic E-state index is -0.0704. The zero-order valence-electron chi connectivity index (χ0n) is 11.0. The first-order valence-electron chi connectivity index (χ1n) is 6.11. The summed E-state index contributed by atoms with van der Waals surface area (Å²) in [6.45, 7) is 4.46. The van der Waals surface area contributed by atoms with E-state index in [9.17, 15) is 4.79 Å². The summed E-state index contributed by atoms with van der Waals surface area (Å²) in [7, 11) is 0. The minimum absolute atomic E-state index is 0.0704. The van der Waals surface area contributed by atoms with Crippen LogP contribution < -0.4 is 10.1 Å². The first-order valence-corrected chi connectivity index (χ1v) is 6.99. The van der Waals surface area contributed by atoms with Crippen molar-refractivity contribution in [1.29, 1.82) is 0 Å². The van der Waals surface area contributed by atoms with Crippen LogP contribution in [0.15, 0.2) is 29.6 Å². The Hall–Kier alpha value is -1.88. The van der Waals surface area contributed by atoms with Crippen molar-refractivity contribution in [2.45, 2.75) is 20.3 Å². The molecule has 0 fully saturated rings. The van der Waals surface area contributed by atoms with Crippen LogP contribution in [0.25, 0.3) is 0 Å². The summed E-state index contributed by atoms with van der Waals surface area (Å²) in [5, 5.41) is 5.73. The highest BCUT2D eigenvalue weighted by Gasteiger charge is 2.07. The summed E-state index contributed by atoms with van der Waals surface area (Å²) < 4.78 is 5.39. The van der Waals surface area contributed by atoms with Gasteiger partial charge in [0.15, 0.2) is 0 Å². The van der Waals surface area contributed by atoms with Crippen molar-refractivity contribution in [2.24, 2.45) is 0 Å². The van der Waals surface area contributed by atoms with E-state index in [0.717, 1.165) is 22.1 Å². The lowest BCUT2D eigenvalue weighted by Gasteiger charge is -2.07. The molecule has 1 heterocycles. The van der Waals surface area contributed by atoms with Gasteiger partial charge in [-0.2, -0.15) is 0 Å². The summed E-state index contributed by atoms with van der Waals surface area (Å²) in [6.07, 6.45) is 0.295. The van der Waals surface area contributed by atoms with Gasteiger partial charge in [0.05, 0.1) is 23.7 Å². The molecule has 0 aliphatic heterocycles. The van der Waals surface area contributed by atoms with Crippen LogP contribution in [0.4, 0.5) is 5.69 Å². The fourth-order valence-corrected chi connectivity index (χ4v) is 2.30. The van der Waals surface area contributed by atoms with Crippen LogP contribution in [0.5, 0.6) is 5.75 Å². The summed E-state index contributed by atoms with van der Waals surface area (Å²) in [6, 6.07) is 7.37. The number of carbonyl (C=O) groups excluding carboxylic acids is 1. The van der Waals surface area contributed by atoms with Gasteiger partial charge in [-0.15, -0.1) is 11.3 Å². The third-order valence-corrected chi connectivity index (χ3v) is 3.26. The highest BCUT2D eigenvalue weighted by Crippen LogP contribution is 2.17. The average molecular weight is 276 g/mol. The molecule has 0 radical (unpaired) electrons. The van der Waals surface area contributed by atoms with E-state index < -0.39 is 0 Å². The van der Waals surface area contributed by atoms with E-state index in [-0.39, 0.29) is 5.91 Å². The lowest BCUT2D eigenvalue weighted by atomic mass is 10.2. The number of aryl methyl sites for hydroxylation is 1. The fourth-order valence-electron chi connectivity index (χ4n) is 1.69. The molecule has 2 rings (SSSR count). The fraction of sp³-hybridized carbons (Fsp3) is 0.286. The molecule has 1 N–H and O–H groups in total. The zero-order valence-corrected chi connectivity index (χ0v) is 11.8. The van der Waals surface area contributed by atoms with Crippen LogP contribution in [0.2, 0.25) is 0 Å². The molecule has 0 aliphatic rings. The number of thiazole rings is 1. The molecular formula is C14H16N2O2S. The smallest absolute Gasteiger partial charge is 0.230 e. The van der Waals surface area contributed by atoms with Gasteiger partial charge in [-0.25, -0.2) is 4.98 Å². The second-order valence-corrected chi connectivity index (χ2v) is 5.11. The van der Waals surface area contributed by atoms with Gasteiger partial charge in [0.2, 0.25) is 5.91 Å². The molecule has 4 nitrogen and oxygen atoms in total. The minimum Gasteiger partial charge on any atom is -0.494 e. The summed E-state index contributed by atoms with van der Waals surface area (Å²) in [4.78, 5) is 16.1. The molecule has 0 bridgehead atoms. The van der Waals surface area contributed by atoms with Crippen molar-refractivity contribution in [3.63, 3.8) is 0 Å². The third kappa shape index (κ3) is 4.06. The average Bonchev–Trinajstić information content (AvgIpc) is 2.75. The predicted octanol–water partition coefficient (Wildman–Crippen LogP) is 3.03. The first-order chi connectivity index (χ1) is 9.17. The Bertz CT molecular complexity index is 566. The van der Waals surface area contributed by atoms with Crippen LogP contribution in [0, 0.1) is 6.92 Å². The number of aromatic nitrogens is 1. The van der Waals surface area contributed by atoms with Crippen molar-refractivity contribution in [2.75, 3.05) is 11.9 Å². The van der Waals surface area contributed by atoms with Crippen LogP contribution >= 0.6 is 11.3 Å². The van der Waals surface area contributed by atoms with E-state index in [2.05, 4.69) is 10.3 Å². The Kier molecular flexibility index (Phi) is 4.52. The topological polar surface area (TPSA) is 51.2 Å². The van der Waals surface area contributed by atoms with Gasteiger partial charge in [-0.3, -0.25) is 4.79 Å². The number of nitrogens with one attached hydrogen (secondary N) is 1. The maximum Gasteiger partial charge on any atom is 0.230 e. The first kappa shape index (κ1) is 13.5. The summed E-state index contributed by atoms with van der Waals surface area (Å²) >= 11 is 1.55. The van der Waals surface area contributed by atoms with Crippen molar-refractivity contribution in [3.8, 4) is 5.75 Å². The van der Waals surface area contributed by atoms with Crippen LogP contribution in [0.3, 0.4) is 0 Å². The molecule has 1 aromatic carbocycles. The number of rotatable bonds is 5. The standard InChI is InChI=1S/C14H16N2O2S/c1-3-18-13-6-4-5-11(7-13)16-14(17)8-12-9-19-10(2)15-12/h4-7,9H,3,8H2,1-2H3,(H,16,17). The van der Waals surface area contributed by atoms with Gasteiger partial charge in [0.25, 0.3) is 0 Å². The number of amides is 1. The molecule has 0 saturated heterocycles. The van der Waals surface area contributed by atoms with Crippen LogP contribution in [-0.4, -0.2) is 17.5 Å². The summed E-state index contributed by atoms with van der Waals surface area (Å²) in [5.74, 6) is 0.684. The second kappa shape index (κ2) is 6.33. The maximum absolute atomic E-state index is 11.9. The number of benzene rings is 1. The van der Waals surface area contributed by atoms with Gasteiger partial charge in [0, 0.05) is 17.1 Å². The van der Waals surface area contributed by atoms with Crippen LogP contribution in [0.1, 0.15) is 17.6 Å². The number of carbonyl (C=O) groups is 1. The molecule has 19 heavy (non-hydrogen) atoms. The van der Waals surface area contributed by atoms with Crippen molar-refractivity contribution in [3.05, 3.63) is 40.3 Å². The van der Waals surface area contributed by atoms with Gasteiger partial charge >= 0.3 is 0 Å². The SMILES string of the molecule is CCOc1cccc(NC(=O)Cc2csc(C)n2)c1. The number of hydrogen-bond acceptors (Lipinski definition) is 4. The Morgan fingerprint density at radius 1 is 1.47 bits per heavy atom. The molecular weight excluding hydrogens is 260 g/mol. The van der Waals surface area contributed by atoms with Gasteiger partial charge in [0.1, 0.15) is 5.75 Å². The van der Waals surface area contributed by atoms with Crippen molar-refractivity contribution < 1.29 is 9.53 Å². The molecule has 0 unspecified atom stereocenters. The second-order valence-electron chi connectivity index (χ2n) is 4.04. The molecule has 1 aromatic heterocycles. The summed E-state index contributed by atoms with van der Waals surface area (Å²) in [5.41, 5.74) is 1.55.